The molecule has 0 unspecified atom stereocenters. The van der Waals surface area contributed by atoms with Crippen LogP contribution in [0.25, 0.3) is 0 Å². The van der Waals surface area contributed by atoms with Gasteiger partial charge in [-0.05, 0) is 23.6 Å². The highest BCUT2D eigenvalue weighted by Gasteiger charge is 2.34. The first kappa shape index (κ1) is 19.1. The number of amides is 2. The molecule has 1 aromatic carbocycles. The maximum atomic E-state index is 12.4. The van der Waals surface area contributed by atoms with Crippen LogP contribution in [0.15, 0.2) is 46.8 Å². The topological polar surface area (TPSA) is 73.8 Å². The second kappa shape index (κ2) is 7.92. The van der Waals surface area contributed by atoms with E-state index in [-0.39, 0.29) is 17.2 Å². The summed E-state index contributed by atoms with van der Waals surface area (Å²) in [7, 11) is 1.70. The van der Waals surface area contributed by atoms with Crippen LogP contribution < -0.4 is 10.6 Å². The lowest BCUT2D eigenvalue weighted by molar-refractivity contribution is 0.0657. The molecule has 0 saturated heterocycles. The van der Waals surface area contributed by atoms with Gasteiger partial charge in [0.05, 0.1) is 11.1 Å². The van der Waals surface area contributed by atoms with E-state index in [0.717, 1.165) is 6.54 Å². The molecule has 0 fully saturated rings. The van der Waals surface area contributed by atoms with Crippen molar-refractivity contribution < 1.29 is 9.59 Å². The molecule has 0 saturated carbocycles. The van der Waals surface area contributed by atoms with Crippen molar-refractivity contribution in [3.05, 3.63) is 57.8 Å². The second-order valence-corrected chi connectivity index (χ2v) is 7.97. The average Bonchev–Trinajstić information content (AvgIpc) is 3.29. The largest absolute Gasteiger partial charge is 0.356 e. The molecule has 0 radical (unpaired) electrons. The molecule has 2 amide bonds. The number of carbonyl (C=O) groups is 2. The van der Waals surface area contributed by atoms with Crippen molar-refractivity contribution in [1.82, 2.24) is 15.5 Å². The number of hydrogen-bond acceptors (Lipinski definition) is 4. The Kier molecular flexibility index (Phi) is 5.60. The molecule has 2 heterocycles. The maximum Gasteiger partial charge on any atom is 0.261 e. The molecule has 1 aliphatic heterocycles. The summed E-state index contributed by atoms with van der Waals surface area (Å²) in [6.45, 7) is 5.81. The first-order valence-corrected chi connectivity index (χ1v) is 9.76. The zero-order chi connectivity index (χ0) is 19.4. The lowest BCUT2D eigenvalue weighted by atomic mass is 9.91. The van der Waals surface area contributed by atoms with Gasteiger partial charge in [-0.15, -0.1) is 11.3 Å². The van der Waals surface area contributed by atoms with Crippen LogP contribution in [0, 0.1) is 0 Å². The maximum absolute atomic E-state index is 12.4. The highest BCUT2D eigenvalue weighted by molar-refractivity contribution is 7.10. The monoisotopic (exact) mass is 384 g/mol. The Hall–Kier alpha value is -2.67. The third-order valence-electron chi connectivity index (χ3n) is 4.62. The van der Waals surface area contributed by atoms with Gasteiger partial charge in [0, 0.05) is 37.0 Å². The fraction of sp³-hybridized carbons (Fsp3) is 0.350. The molecule has 0 aliphatic carbocycles. The molecule has 1 aliphatic rings. The Morgan fingerprint density at radius 2 is 1.74 bits per heavy atom. The van der Waals surface area contributed by atoms with Gasteiger partial charge in [-0.1, -0.05) is 32.0 Å². The number of thiophene rings is 1. The average molecular weight is 385 g/mol. The van der Waals surface area contributed by atoms with Crippen LogP contribution >= 0.6 is 11.3 Å². The Morgan fingerprint density at radius 3 is 2.30 bits per heavy atom. The zero-order valence-corrected chi connectivity index (χ0v) is 16.6. The third kappa shape index (κ3) is 4.03. The van der Waals surface area contributed by atoms with Crippen LogP contribution in [-0.4, -0.2) is 49.4 Å². The highest BCUT2D eigenvalue weighted by Crippen LogP contribution is 2.26. The van der Waals surface area contributed by atoms with Crippen LogP contribution in [0.4, 0.5) is 0 Å². The van der Waals surface area contributed by atoms with Crippen molar-refractivity contribution in [2.45, 2.75) is 19.3 Å². The number of benzene rings is 1. The second-order valence-electron chi connectivity index (χ2n) is 7.02. The van der Waals surface area contributed by atoms with E-state index in [2.05, 4.69) is 47.0 Å². The summed E-state index contributed by atoms with van der Waals surface area (Å²) in [6, 6.07) is 11.1. The number of nitrogens with zero attached hydrogens (tertiary/aromatic N) is 2. The van der Waals surface area contributed by atoms with Crippen molar-refractivity contribution in [3.8, 4) is 0 Å². The first-order chi connectivity index (χ1) is 12.9. The number of nitrogens with one attached hydrogen (secondary N) is 2. The Balaban J connectivity index is 1.51. The van der Waals surface area contributed by atoms with E-state index in [1.54, 1.807) is 42.6 Å². The van der Waals surface area contributed by atoms with E-state index in [4.69, 9.17) is 0 Å². The lowest BCUT2D eigenvalue weighted by Crippen LogP contribution is -2.46. The summed E-state index contributed by atoms with van der Waals surface area (Å²) in [5.74, 6) is 0.176. The summed E-state index contributed by atoms with van der Waals surface area (Å²) in [5.41, 5.74) is 0.930. The van der Waals surface area contributed by atoms with E-state index < -0.39 is 0 Å². The molecule has 0 spiro atoms. The van der Waals surface area contributed by atoms with Crippen LogP contribution in [0.2, 0.25) is 0 Å². The van der Waals surface area contributed by atoms with Crippen LogP contribution in [0.3, 0.4) is 0 Å². The highest BCUT2D eigenvalue weighted by atomic mass is 32.1. The van der Waals surface area contributed by atoms with Crippen molar-refractivity contribution >= 4 is 29.1 Å². The van der Waals surface area contributed by atoms with Crippen molar-refractivity contribution in [3.63, 3.8) is 0 Å². The zero-order valence-electron chi connectivity index (χ0n) is 15.8. The minimum atomic E-state index is -0.237. The molecule has 2 N–H and O–H groups in total. The Bertz CT molecular complexity index is 824. The lowest BCUT2D eigenvalue weighted by Gasteiger charge is -2.25. The number of guanidine groups is 1. The quantitative estimate of drug-likeness (QED) is 0.456. The third-order valence-corrected chi connectivity index (χ3v) is 5.85. The van der Waals surface area contributed by atoms with Crippen molar-refractivity contribution in [2.24, 2.45) is 4.99 Å². The standard InChI is InChI=1S/C20H24N4O2S/c1-20(2,16-9-6-12-27-16)13-23-19(21-3)22-10-11-24-17(25)14-7-4-5-8-15(14)18(24)26/h4-9,12H,10-11,13H2,1-3H3,(H2,21,22,23). The van der Waals surface area contributed by atoms with Crippen molar-refractivity contribution in [1.29, 1.82) is 0 Å². The van der Waals surface area contributed by atoms with Crippen LogP contribution in [0.5, 0.6) is 0 Å². The fourth-order valence-corrected chi connectivity index (χ4v) is 3.86. The number of fused-ring (bicyclic) bond motifs is 1. The summed E-state index contributed by atoms with van der Waals surface area (Å²) in [4.78, 5) is 31.6. The Labute approximate surface area is 163 Å². The smallest absolute Gasteiger partial charge is 0.261 e. The SMILES string of the molecule is CN=C(NCCN1C(=O)c2ccccc2C1=O)NCC(C)(C)c1cccs1. The molecule has 0 atom stereocenters. The number of aliphatic imine (C=N–C) groups is 1. The van der Waals surface area contributed by atoms with Crippen LogP contribution in [0.1, 0.15) is 39.4 Å². The number of imide groups is 1. The predicted octanol–water partition coefficient (Wildman–Crippen LogP) is 2.49. The number of carbonyl (C=O) groups excluding carboxylic acids is 2. The predicted molar refractivity (Wildman–Crippen MR) is 109 cm³/mol. The summed E-state index contributed by atoms with van der Waals surface area (Å²) in [6.07, 6.45) is 0. The van der Waals surface area contributed by atoms with Gasteiger partial charge in [-0.25, -0.2) is 0 Å². The van der Waals surface area contributed by atoms with E-state index in [1.807, 2.05) is 0 Å². The Morgan fingerprint density at radius 1 is 1.07 bits per heavy atom. The van der Waals surface area contributed by atoms with Gasteiger partial charge < -0.3 is 10.6 Å². The van der Waals surface area contributed by atoms with Gasteiger partial charge in [0.2, 0.25) is 0 Å². The van der Waals surface area contributed by atoms with Crippen molar-refractivity contribution in [2.75, 3.05) is 26.7 Å². The first-order valence-electron chi connectivity index (χ1n) is 8.88. The van der Waals surface area contributed by atoms with E-state index >= 15 is 0 Å². The molecule has 7 heteroatoms. The fourth-order valence-electron chi connectivity index (χ4n) is 3.00. The normalized spacial score (nSPS) is 14.5. The molecule has 3 rings (SSSR count). The molecular weight excluding hydrogens is 360 g/mol. The van der Waals surface area contributed by atoms with Gasteiger partial charge in [-0.3, -0.25) is 19.5 Å². The summed E-state index contributed by atoms with van der Waals surface area (Å²) < 4.78 is 0. The minimum absolute atomic E-state index is 0.0195. The molecule has 6 nitrogen and oxygen atoms in total. The van der Waals surface area contributed by atoms with Gasteiger partial charge in [0.15, 0.2) is 5.96 Å². The molecule has 142 valence electrons. The minimum Gasteiger partial charge on any atom is -0.356 e. The van der Waals surface area contributed by atoms with Gasteiger partial charge >= 0.3 is 0 Å². The molecule has 2 aromatic rings. The van der Waals surface area contributed by atoms with E-state index in [0.29, 0.717) is 30.2 Å². The van der Waals surface area contributed by atoms with E-state index in [9.17, 15) is 9.59 Å². The van der Waals surface area contributed by atoms with Crippen LogP contribution in [-0.2, 0) is 5.41 Å². The van der Waals surface area contributed by atoms with Gasteiger partial charge in [0.25, 0.3) is 11.8 Å². The molecular formula is C20H24N4O2S. The summed E-state index contributed by atoms with van der Waals surface area (Å²) >= 11 is 1.74. The van der Waals surface area contributed by atoms with Gasteiger partial charge in [-0.2, -0.15) is 0 Å². The molecule has 1 aromatic heterocycles. The molecule has 27 heavy (non-hydrogen) atoms. The number of hydrogen-bond donors (Lipinski definition) is 2. The number of rotatable bonds is 6. The van der Waals surface area contributed by atoms with Gasteiger partial charge in [0.1, 0.15) is 0 Å². The van der Waals surface area contributed by atoms with E-state index in [1.165, 1.54) is 9.78 Å². The molecule has 0 bridgehead atoms. The summed E-state index contributed by atoms with van der Waals surface area (Å²) in [5, 5.41) is 8.57.